The summed E-state index contributed by atoms with van der Waals surface area (Å²) in [5, 5.41) is 12.5. The zero-order valence-corrected chi connectivity index (χ0v) is 18.0. The highest BCUT2D eigenvalue weighted by Crippen LogP contribution is 2.34. The number of carbonyl (C=O) groups is 1. The number of anilines is 1. The van der Waals surface area contributed by atoms with Gasteiger partial charge in [-0.1, -0.05) is 72.8 Å². The van der Waals surface area contributed by atoms with Crippen LogP contribution in [0.1, 0.15) is 38.4 Å². The van der Waals surface area contributed by atoms with Gasteiger partial charge in [-0.15, -0.1) is 0 Å². The van der Waals surface area contributed by atoms with Gasteiger partial charge in [-0.2, -0.15) is 0 Å². The summed E-state index contributed by atoms with van der Waals surface area (Å²) in [7, 11) is 0. The lowest BCUT2D eigenvalue weighted by Gasteiger charge is -2.21. The summed E-state index contributed by atoms with van der Waals surface area (Å²) >= 11 is 0. The lowest BCUT2D eigenvalue weighted by molar-refractivity contribution is 0.102. The van der Waals surface area contributed by atoms with Gasteiger partial charge in [0.15, 0.2) is 5.82 Å². The molecule has 5 rings (SSSR count). The van der Waals surface area contributed by atoms with Crippen LogP contribution in [0.5, 0.6) is 0 Å². The average molecular weight is 434 g/mol. The van der Waals surface area contributed by atoms with Gasteiger partial charge >= 0.3 is 0 Å². The molecule has 1 aliphatic carbocycles. The molecule has 0 atom stereocenters. The third-order valence-corrected chi connectivity index (χ3v) is 5.73. The van der Waals surface area contributed by atoms with Crippen molar-refractivity contribution in [1.29, 1.82) is 0 Å². The predicted molar refractivity (Wildman–Crippen MR) is 131 cm³/mol. The first-order valence-electron chi connectivity index (χ1n) is 10.9. The maximum Gasteiger partial charge on any atom is 0.256 e. The molecule has 0 spiro atoms. The highest BCUT2D eigenvalue weighted by molar-refractivity contribution is 6.04. The number of rotatable bonds is 5. The highest BCUT2D eigenvalue weighted by atomic mass is 16.3. The van der Waals surface area contributed by atoms with Crippen LogP contribution < -0.4 is 5.32 Å². The van der Waals surface area contributed by atoms with E-state index >= 15 is 0 Å². The molecular formula is C28H23N3O2. The number of fused-ring (bicyclic) bond motifs is 3. The number of hydrogen-bond acceptors (Lipinski definition) is 4. The van der Waals surface area contributed by atoms with E-state index < -0.39 is 0 Å². The standard InChI is InChI=1S/C28H23N3O2/c32-18-20-11-14-23-22(17-20)13-16-24-26(23)29-25(15-12-19-7-3-1-4-8-19)27(30-24)31-28(33)21-9-5-2-6-10-21/h1-12,14-15,17,32H,13,16,18H2,(H,30,31,33). The van der Waals surface area contributed by atoms with Crippen molar-refractivity contribution in [2.45, 2.75) is 19.4 Å². The van der Waals surface area contributed by atoms with Crippen molar-refractivity contribution in [1.82, 2.24) is 9.97 Å². The fourth-order valence-corrected chi connectivity index (χ4v) is 4.03. The fraction of sp³-hybridized carbons (Fsp3) is 0.107. The van der Waals surface area contributed by atoms with Gasteiger partial charge in [-0.25, -0.2) is 9.97 Å². The molecule has 4 aromatic rings. The summed E-state index contributed by atoms with van der Waals surface area (Å²) in [4.78, 5) is 22.6. The third kappa shape index (κ3) is 4.45. The average Bonchev–Trinajstić information content (AvgIpc) is 2.88. The Balaban J connectivity index is 1.57. The van der Waals surface area contributed by atoms with E-state index in [1.54, 1.807) is 12.1 Å². The Bertz CT molecular complexity index is 1330. The summed E-state index contributed by atoms with van der Waals surface area (Å²) in [6.07, 6.45) is 5.39. The maximum absolute atomic E-state index is 12.9. The first kappa shape index (κ1) is 20.8. The Morgan fingerprint density at radius 2 is 1.67 bits per heavy atom. The van der Waals surface area contributed by atoms with Gasteiger partial charge in [0.1, 0.15) is 5.69 Å². The molecule has 1 amide bonds. The molecule has 33 heavy (non-hydrogen) atoms. The number of carbonyl (C=O) groups excluding carboxylic acids is 1. The van der Waals surface area contributed by atoms with Crippen LogP contribution in [0.4, 0.5) is 5.82 Å². The SMILES string of the molecule is O=C(Nc1nc2c(nc1C=Cc1ccccc1)-c1ccc(CO)cc1CC2)c1ccccc1. The lowest BCUT2D eigenvalue weighted by atomic mass is 9.90. The van der Waals surface area contributed by atoms with E-state index in [4.69, 9.17) is 9.97 Å². The van der Waals surface area contributed by atoms with Crippen LogP contribution in [0.2, 0.25) is 0 Å². The van der Waals surface area contributed by atoms with Gasteiger partial charge < -0.3 is 10.4 Å². The Morgan fingerprint density at radius 1 is 0.909 bits per heavy atom. The molecule has 3 aromatic carbocycles. The predicted octanol–water partition coefficient (Wildman–Crippen LogP) is 5.16. The van der Waals surface area contributed by atoms with Gasteiger partial charge in [-0.05, 0) is 47.7 Å². The molecule has 5 nitrogen and oxygen atoms in total. The van der Waals surface area contributed by atoms with E-state index in [2.05, 4.69) is 5.32 Å². The van der Waals surface area contributed by atoms with E-state index in [1.165, 1.54) is 0 Å². The van der Waals surface area contributed by atoms with E-state index in [9.17, 15) is 9.90 Å². The normalized spacial score (nSPS) is 12.3. The summed E-state index contributed by atoms with van der Waals surface area (Å²) in [6.45, 7) is 0.0152. The van der Waals surface area contributed by atoms with Crippen molar-refractivity contribution >= 4 is 23.9 Å². The lowest BCUT2D eigenvalue weighted by Crippen LogP contribution is -2.17. The van der Waals surface area contributed by atoms with E-state index in [0.29, 0.717) is 17.1 Å². The van der Waals surface area contributed by atoms with Crippen LogP contribution in [0.15, 0.2) is 78.9 Å². The number of aliphatic hydroxyl groups is 1. The number of nitrogens with one attached hydrogen (secondary N) is 1. The molecule has 1 aliphatic rings. The number of amides is 1. The Hall–Kier alpha value is -4.09. The summed E-state index contributed by atoms with van der Waals surface area (Å²) in [6, 6.07) is 25.0. The first-order chi connectivity index (χ1) is 16.2. The topological polar surface area (TPSA) is 75.1 Å². The summed E-state index contributed by atoms with van der Waals surface area (Å²) < 4.78 is 0. The molecule has 2 N–H and O–H groups in total. The number of aromatic nitrogens is 2. The second-order valence-corrected chi connectivity index (χ2v) is 7.97. The van der Waals surface area contributed by atoms with Gasteiger partial charge in [-0.3, -0.25) is 4.79 Å². The largest absolute Gasteiger partial charge is 0.392 e. The van der Waals surface area contributed by atoms with Gasteiger partial charge in [0.05, 0.1) is 18.0 Å². The zero-order valence-electron chi connectivity index (χ0n) is 18.0. The van der Waals surface area contributed by atoms with E-state index in [0.717, 1.165) is 46.5 Å². The molecule has 0 saturated heterocycles. The van der Waals surface area contributed by atoms with Crippen molar-refractivity contribution in [3.05, 3.63) is 113 Å². The third-order valence-electron chi connectivity index (χ3n) is 5.73. The van der Waals surface area contributed by atoms with Gasteiger partial charge in [0.25, 0.3) is 5.91 Å². The number of aryl methyl sites for hydroxylation is 2. The van der Waals surface area contributed by atoms with Crippen LogP contribution in [-0.2, 0) is 19.4 Å². The molecule has 162 valence electrons. The van der Waals surface area contributed by atoms with Crippen LogP contribution >= 0.6 is 0 Å². The number of nitrogens with zero attached hydrogens (tertiary/aromatic N) is 2. The molecular weight excluding hydrogens is 410 g/mol. The molecule has 0 fully saturated rings. The number of hydrogen-bond donors (Lipinski definition) is 2. The fourth-order valence-electron chi connectivity index (χ4n) is 4.03. The number of benzene rings is 3. The molecule has 1 aromatic heterocycles. The van der Waals surface area contributed by atoms with Crippen molar-refractivity contribution < 1.29 is 9.90 Å². The van der Waals surface area contributed by atoms with Crippen molar-refractivity contribution in [2.75, 3.05) is 5.32 Å². The van der Waals surface area contributed by atoms with Gasteiger partial charge in [0.2, 0.25) is 0 Å². The van der Waals surface area contributed by atoms with E-state index in [-0.39, 0.29) is 12.5 Å². The minimum absolute atomic E-state index is 0.0152. The van der Waals surface area contributed by atoms with Crippen LogP contribution in [-0.4, -0.2) is 21.0 Å². The Morgan fingerprint density at radius 3 is 2.42 bits per heavy atom. The van der Waals surface area contributed by atoms with Crippen molar-refractivity contribution in [2.24, 2.45) is 0 Å². The monoisotopic (exact) mass is 433 g/mol. The molecule has 1 heterocycles. The minimum Gasteiger partial charge on any atom is -0.392 e. The Kier molecular flexibility index (Phi) is 5.79. The zero-order chi connectivity index (χ0) is 22.6. The molecule has 0 saturated carbocycles. The smallest absolute Gasteiger partial charge is 0.256 e. The van der Waals surface area contributed by atoms with Crippen LogP contribution in [0, 0.1) is 0 Å². The first-order valence-corrected chi connectivity index (χ1v) is 10.9. The quantitative estimate of drug-likeness (QED) is 0.456. The van der Waals surface area contributed by atoms with Crippen LogP contribution in [0.25, 0.3) is 23.4 Å². The second kappa shape index (κ2) is 9.18. The summed E-state index contributed by atoms with van der Waals surface area (Å²) in [5.74, 6) is 0.230. The molecule has 5 heteroatoms. The molecule has 0 aliphatic heterocycles. The van der Waals surface area contributed by atoms with Crippen molar-refractivity contribution in [3.63, 3.8) is 0 Å². The molecule has 0 radical (unpaired) electrons. The maximum atomic E-state index is 12.9. The highest BCUT2D eigenvalue weighted by Gasteiger charge is 2.22. The van der Waals surface area contributed by atoms with E-state index in [1.807, 2.05) is 78.9 Å². The Labute approximate surface area is 192 Å². The second-order valence-electron chi connectivity index (χ2n) is 7.97. The van der Waals surface area contributed by atoms with Crippen molar-refractivity contribution in [3.8, 4) is 11.3 Å². The van der Waals surface area contributed by atoms with Gasteiger partial charge in [0, 0.05) is 11.1 Å². The van der Waals surface area contributed by atoms with Crippen LogP contribution in [0.3, 0.4) is 0 Å². The summed E-state index contributed by atoms with van der Waals surface area (Å²) in [5.41, 5.74) is 6.95. The minimum atomic E-state index is -0.219. The molecule has 0 unspecified atom stereocenters. The number of aliphatic hydroxyl groups excluding tert-OH is 1. The molecule has 0 bridgehead atoms.